The predicted octanol–water partition coefficient (Wildman–Crippen LogP) is 3.65. The number of benzene rings is 1. The van der Waals surface area contributed by atoms with Crippen molar-refractivity contribution in [1.29, 1.82) is 0 Å². The van der Waals surface area contributed by atoms with Gasteiger partial charge in [0, 0.05) is 17.6 Å². The Balaban J connectivity index is 2.26. The predicted molar refractivity (Wildman–Crippen MR) is 76.5 cm³/mol. The van der Waals surface area contributed by atoms with E-state index in [2.05, 4.69) is 15.1 Å². The Morgan fingerprint density at radius 3 is 2.42 bits per heavy atom. The fraction of sp³-hybridized carbons (Fsp3) is 0.154. The summed E-state index contributed by atoms with van der Waals surface area (Å²) in [6, 6.07) is 7.33. The van der Waals surface area contributed by atoms with Crippen LogP contribution in [-0.2, 0) is 7.05 Å². The van der Waals surface area contributed by atoms with E-state index in [4.69, 9.17) is 23.2 Å². The number of hydrogen-bond acceptors (Lipinski definition) is 3. The van der Waals surface area contributed by atoms with E-state index < -0.39 is 0 Å². The molecule has 0 N–H and O–H groups in total. The molecule has 0 saturated carbocycles. The number of halogens is 2. The van der Waals surface area contributed by atoms with Gasteiger partial charge in [-0.05, 0) is 31.2 Å². The van der Waals surface area contributed by atoms with Crippen molar-refractivity contribution in [2.45, 2.75) is 6.92 Å². The highest BCUT2D eigenvalue weighted by Gasteiger charge is 2.14. The van der Waals surface area contributed by atoms with Crippen LogP contribution in [0.4, 0.5) is 0 Å². The molecule has 0 spiro atoms. The largest absolute Gasteiger partial charge is 0.263 e. The zero-order valence-electron chi connectivity index (χ0n) is 10.4. The van der Waals surface area contributed by atoms with E-state index in [-0.39, 0.29) is 0 Å². The van der Waals surface area contributed by atoms with Gasteiger partial charge in [0.25, 0.3) is 0 Å². The van der Waals surface area contributed by atoms with Gasteiger partial charge in [-0.25, -0.2) is 9.97 Å². The van der Waals surface area contributed by atoms with Gasteiger partial charge in [-0.1, -0.05) is 23.2 Å². The molecule has 2 heterocycles. The summed E-state index contributed by atoms with van der Waals surface area (Å²) >= 11 is 12.1. The molecule has 0 atom stereocenters. The first kappa shape index (κ1) is 12.4. The normalized spacial score (nSPS) is 11.2. The van der Waals surface area contributed by atoms with Gasteiger partial charge in [-0.2, -0.15) is 5.10 Å². The zero-order chi connectivity index (χ0) is 13.6. The molecule has 3 aromatic rings. The van der Waals surface area contributed by atoms with Crippen LogP contribution in [0.2, 0.25) is 10.2 Å². The van der Waals surface area contributed by atoms with Gasteiger partial charge >= 0.3 is 0 Å². The van der Waals surface area contributed by atoms with Crippen molar-refractivity contribution >= 4 is 34.2 Å². The molecule has 3 rings (SSSR count). The Labute approximate surface area is 120 Å². The number of nitrogens with zero attached hydrogens (tertiary/aromatic N) is 4. The van der Waals surface area contributed by atoms with Crippen LogP contribution >= 0.6 is 23.2 Å². The summed E-state index contributed by atoms with van der Waals surface area (Å²) in [5, 5.41) is 5.38. The van der Waals surface area contributed by atoms with Crippen molar-refractivity contribution in [3.8, 4) is 11.4 Å². The zero-order valence-corrected chi connectivity index (χ0v) is 11.9. The van der Waals surface area contributed by atoms with Gasteiger partial charge in [-0.15, -0.1) is 0 Å². The van der Waals surface area contributed by atoms with Crippen LogP contribution in [0.3, 0.4) is 0 Å². The van der Waals surface area contributed by atoms with Crippen LogP contribution in [-0.4, -0.2) is 19.7 Å². The van der Waals surface area contributed by atoms with E-state index >= 15 is 0 Å². The first-order valence-corrected chi connectivity index (χ1v) is 6.44. The van der Waals surface area contributed by atoms with E-state index in [1.165, 1.54) is 0 Å². The van der Waals surface area contributed by atoms with Gasteiger partial charge in [0.1, 0.15) is 11.0 Å². The molecule has 0 amide bonds. The third-order valence-electron chi connectivity index (χ3n) is 2.91. The Bertz CT molecular complexity index is 762. The second-order valence-corrected chi connectivity index (χ2v) is 5.05. The highest BCUT2D eigenvalue weighted by atomic mass is 35.5. The Hall–Kier alpha value is -1.65. The first-order valence-electron chi connectivity index (χ1n) is 5.69. The molecular weight excluding hydrogens is 283 g/mol. The van der Waals surface area contributed by atoms with Gasteiger partial charge < -0.3 is 0 Å². The first-order chi connectivity index (χ1) is 9.06. The van der Waals surface area contributed by atoms with Crippen molar-refractivity contribution in [3.63, 3.8) is 0 Å². The van der Waals surface area contributed by atoms with Crippen LogP contribution in [0.15, 0.2) is 24.3 Å². The van der Waals surface area contributed by atoms with Crippen LogP contribution in [0.5, 0.6) is 0 Å². The molecule has 0 bridgehead atoms. The number of aromatic nitrogens is 4. The second-order valence-electron chi connectivity index (χ2n) is 4.25. The molecule has 96 valence electrons. The molecule has 1 aromatic carbocycles. The van der Waals surface area contributed by atoms with Crippen molar-refractivity contribution in [1.82, 2.24) is 19.7 Å². The fourth-order valence-electron chi connectivity index (χ4n) is 2.02. The summed E-state index contributed by atoms with van der Waals surface area (Å²) in [4.78, 5) is 8.86. The number of aryl methyl sites for hydroxylation is 2. The lowest BCUT2D eigenvalue weighted by atomic mass is 10.2. The Morgan fingerprint density at radius 1 is 1.05 bits per heavy atom. The molecule has 0 radical (unpaired) electrons. The summed E-state index contributed by atoms with van der Waals surface area (Å²) in [6.07, 6.45) is 0. The van der Waals surface area contributed by atoms with Gasteiger partial charge in [0.15, 0.2) is 11.0 Å². The molecule has 0 unspecified atom stereocenters. The topological polar surface area (TPSA) is 43.6 Å². The van der Waals surface area contributed by atoms with Crippen molar-refractivity contribution in [2.75, 3.05) is 0 Å². The van der Waals surface area contributed by atoms with Gasteiger partial charge in [0.2, 0.25) is 0 Å². The minimum Gasteiger partial charge on any atom is -0.263 e. The van der Waals surface area contributed by atoms with Gasteiger partial charge in [0.05, 0.1) is 5.69 Å². The standard InChI is InChI=1S/C13H10Cl2N4/c1-7-10-11(19(2)18-7)12(15)17-13(16-10)8-3-5-9(14)6-4-8/h3-6H,1-2H3. The molecule has 4 nitrogen and oxygen atoms in total. The van der Waals surface area contributed by atoms with Crippen molar-refractivity contribution in [2.24, 2.45) is 7.05 Å². The number of fused-ring (bicyclic) bond motifs is 1. The summed E-state index contributed by atoms with van der Waals surface area (Å²) < 4.78 is 1.69. The summed E-state index contributed by atoms with van der Waals surface area (Å²) in [7, 11) is 1.83. The molecule has 0 saturated heterocycles. The van der Waals surface area contributed by atoms with Gasteiger partial charge in [-0.3, -0.25) is 4.68 Å². The minimum absolute atomic E-state index is 0.401. The second kappa shape index (κ2) is 4.47. The average molecular weight is 293 g/mol. The minimum atomic E-state index is 0.401. The molecule has 0 aliphatic rings. The SMILES string of the molecule is Cc1nn(C)c2c(Cl)nc(-c3ccc(Cl)cc3)nc12. The lowest BCUT2D eigenvalue weighted by Gasteiger charge is -2.03. The van der Waals surface area contributed by atoms with Crippen LogP contribution < -0.4 is 0 Å². The summed E-state index contributed by atoms with van der Waals surface area (Å²) in [5.41, 5.74) is 3.22. The third kappa shape index (κ3) is 2.07. The monoisotopic (exact) mass is 292 g/mol. The lowest BCUT2D eigenvalue weighted by Crippen LogP contribution is -1.94. The van der Waals surface area contributed by atoms with Crippen LogP contribution in [0.25, 0.3) is 22.4 Å². The summed E-state index contributed by atoms with van der Waals surface area (Å²) in [5.74, 6) is 0.574. The van der Waals surface area contributed by atoms with Crippen molar-refractivity contribution in [3.05, 3.63) is 40.1 Å². The van der Waals surface area contributed by atoms with E-state index in [1.54, 1.807) is 16.8 Å². The van der Waals surface area contributed by atoms with Crippen molar-refractivity contribution < 1.29 is 0 Å². The smallest absolute Gasteiger partial charge is 0.161 e. The molecule has 6 heteroatoms. The fourth-order valence-corrected chi connectivity index (χ4v) is 2.43. The van der Waals surface area contributed by atoms with E-state index in [1.807, 2.05) is 26.1 Å². The maximum Gasteiger partial charge on any atom is 0.161 e. The quantitative estimate of drug-likeness (QED) is 0.643. The summed E-state index contributed by atoms with van der Waals surface area (Å²) in [6.45, 7) is 1.90. The molecular formula is C13H10Cl2N4. The molecule has 0 aliphatic heterocycles. The van der Waals surface area contributed by atoms with Crippen LogP contribution in [0.1, 0.15) is 5.69 Å². The Kier molecular flexibility index (Phi) is 2.92. The van der Waals surface area contributed by atoms with E-state index in [0.29, 0.717) is 16.0 Å². The maximum absolute atomic E-state index is 6.22. The highest BCUT2D eigenvalue weighted by molar-refractivity contribution is 6.33. The molecule has 0 aliphatic carbocycles. The lowest BCUT2D eigenvalue weighted by molar-refractivity contribution is 0.782. The number of rotatable bonds is 1. The maximum atomic E-state index is 6.22. The van der Waals surface area contributed by atoms with Crippen LogP contribution in [0, 0.1) is 6.92 Å². The van der Waals surface area contributed by atoms with E-state index in [9.17, 15) is 0 Å². The average Bonchev–Trinajstić information content (AvgIpc) is 2.66. The molecule has 19 heavy (non-hydrogen) atoms. The third-order valence-corrected chi connectivity index (χ3v) is 3.43. The molecule has 0 fully saturated rings. The highest BCUT2D eigenvalue weighted by Crippen LogP contribution is 2.26. The Morgan fingerprint density at radius 2 is 1.74 bits per heavy atom. The molecule has 2 aromatic heterocycles. The van der Waals surface area contributed by atoms with E-state index in [0.717, 1.165) is 22.3 Å². The number of hydrogen-bond donors (Lipinski definition) is 0.